The third kappa shape index (κ3) is 5.36. The molecule has 1 aliphatic rings. The van der Waals surface area contributed by atoms with Gasteiger partial charge in [-0.1, -0.05) is 38.3 Å². The highest BCUT2D eigenvalue weighted by atomic mass is 14.8. The molecule has 0 amide bonds. The zero-order chi connectivity index (χ0) is 10.9. The lowest BCUT2D eigenvalue weighted by molar-refractivity contribution is 0.450. The van der Waals surface area contributed by atoms with Crippen molar-refractivity contribution in [3.8, 4) is 0 Å². The Morgan fingerprint density at radius 3 is 2.67 bits per heavy atom. The van der Waals surface area contributed by atoms with Gasteiger partial charge in [0.15, 0.2) is 0 Å². The lowest BCUT2D eigenvalue weighted by Gasteiger charge is -2.15. The predicted octanol–water partition coefficient (Wildman–Crippen LogP) is 3.90. The van der Waals surface area contributed by atoms with Crippen molar-refractivity contribution >= 4 is 0 Å². The van der Waals surface area contributed by atoms with E-state index in [1.807, 2.05) is 0 Å². The van der Waals surface area contributed by atoms with Crippen molar-refractivity contribution in [3.05, 3.63) is 11.6 Å². The molecule has 0 heterocycles. The molecule has 1 nitrogen and oxygen atoms in total. The summed E-state index contributed by atoms with van der Waals surface area (Å²) in [5, 5.41) is 3.59. The van der Waals surface area contributed by atoms with Gasteiger partial charge in [-0.3, -0.25) is 0 Å². The highest BCUT2D eigenvalue weighted by Gasteiger charge is 2.04. The van der Waals surface area contributed by atoms with Crippen LogP contribution in [0, 0.1) is 5.92 Å². The molecule has 0 saturated carbocycles. The van der Waals surface area contributed by atoms with Crippen LogP contribution in [0.2, 0.25) is 0 Å². The van der Waals surface area contributed by atoms with E-state index in [-0.39, 0.29) is 0 Å². The van der Waals surface area contributed by atoms with Gasteiger partial charge in [-0.25, -0.2) is 0 Å². The van der Waals surface area contributed by atoms with Crippen LogP contribution in [0.3, 0.4) is 0 Å². The second kappa shape index (κ2) is 7.92. The average molecular weight is 209 g/mol. The van der Waals surface area contributed by atoms with Crippen molar-refractivity contribution < 1.29 is 0 Å². The van der Waals surface area contributed by atoms with Crippen molar-refractivity contribution in [2.24, 2.45) is 5.92 Å². The molecule has 15 heavy (non-hydrogen) atoms. The van der Waals surface area contributed by atoms with Crippen molar-refractivity contribution in [2.45, 2.75) is 58.8 Å². The number of allylic oxidation sites excluding steroid dienone is 1. The van der Waals surface area contributed by atoms with E-state index in [1.54, 1.807) is 5.57 Å². The molecule has 1 heteroatoms. The lowest BCUT2D eigenvalue weighted by atomic mass is 9.97. The largest absolute Gasteiger partial charge is 0.316 e. The van der Waals surface area contributed by atoms with E-state index >= 15 is 0 Å². The molecule has 0 radical (unpaired) electrons. The first-order valence-corrected chi connectivity index (χ1v) is 6.75. The van der Waals surface area contributed by atoms with Crippen LogP contribution in [0.25, 0.3) is 0 Å². The molecule has 0 aliphatic heterocycles. The highest BCUT2D eigenvalue weighted by molar-refractivity contribution is 5.05. The lowest BCUT2D eigenvalue weighted by Crippen LogP contribution is -2.23. The summed E-state index contributed by atoms with van der Waals surface area (Å²) in [6.45, 7) is 6.97. The number of hydrogen-bond donors (Lipinski definition) is 1. The molecule has 0 bridgehead atoms. The maximum atomic E-state index is 3.59. The van der Waals surface area contributed by atoms with Gasteiger partial charge in [0.05, 0.1) is 0 Å². The molecule has 0 saturated heterocycles. The van der Waals surface area contributed by atoms with Gasteiger partial charge in [-0.2, -0.15) is 0 Å². The van der Waals surface area contributed by atoms with Crippen molar-refractivity contribution in [1.29, 1.82) is 0 Å². The fourth-order valence-electron chi connectivity index (χ4n) is 2.26. The van der Waals surface area contributed by atoms with Crippen LogP contribution in [-0.4, -0.2) is 13.1 Å². The Morgan fingerprint density at radius 2 is 2.07 bits per heavy atom. The Kier molecular flexibility index (Phi) is 6.74. The fraction of sp³-hybridized carbons (Fsp3) is 0.857. The third-order valence-electron chi connectivity index (χ3n) is 3.60. The summed E-state index contributed by atoms with van der Waals surface area (Å²) < 4.78 is 0. The third-order valence-corrected chi connectivity index (χ3v) is 3.60. The minimum Gasteiger partial charge on any atom is -0.316 e. The monoisotopic (exact) mass is 209 g/mol. The van der Waals surface area contributed by atoms with Crippen LogP contribution >= 0.6 is 0 Å². The zero-order valence-electron chi connectivity index (χ0n) is 10.5. The maximum Gasteiger partial charge on any atom is -0.00115 e. The van der Waals surface area contributed by atoms with E-state index < -0.39 is 0 Å². The Labute approximate surface area is 95.3 Å². The van der Waals surface area contributed by atoms with Crippen LogP contribution < -0.4 is 5.32 Å². The Hall–Kier alpha value is -0.300. The first kappa shape index (κ1) is 12.8. The summed E-state index contributed by atoms with van der Waals surface area (Å²) >= 11 is 0. The molecular formula is C14H27N. The summed E-state index contributed by atoms with van der Waals surface area (Å²) in [5.41, 5.74) is 1.69. The predicted molar refractivity (Wildman–Crippen MR) is 68.1 cm³/mol. The van der Waals surface area contributed by atoms with Crippen LogP contribution in [0.5, 0.6) is 0 Å². The molecule has 0 fully saturated rings. The van der Waals surface area contributed by atoms with E-state index in [9.17, 15) is 0 Å². The van der Waals surface area contributed by atoms with Crippen molar-refractivity contribution in [3.63, 3.8) is 0 Å². The molecule has 88 valence electrons. The van der Waals surface area contributed by atoms with Gasteiger partial charge in [0, 0.05) is 0 Å². The summed E-state index contributed by atoms with van der Waals surface area (Å²) in [7, 11) is 0. The van der Waals surface area contributed by atoms with Gasteiger partial charge in [-0.15, -0.1) is 0 Å². The van der Waals surface area contributed by atoms with Gasteiger partial charge in [0.25, 0.3) is 0 Å². The average Bonchev–Trinajstić information content (AvgIpc) is 2.31. The van der Waals surface area contributed by atoms with Crippen LogP contribution in [0.4, 0.5) is 0 Å². The first-order chi connectivity index (χ1) is 7.36. The smallest absolute Gasteiger partial charge is 0.00115 e. The van der Waals surface area contributed by atoms with Crippen molar-refractivity contribution in [2.75, 3.05) is 13.1 Å². The molecular weight excluding hydrogens is 182 g/mol. The SMILES string of the molecule is CCC(CC)CNCCC1=CCCCC1. The van der Waals surface area contributed by atoms with E-state index in [1.165, 1.54) is 58.0 Å². The minimum absolute atomic E-state index is 0.880. The Balaban J connectivity index is 2.03. The number of rotatable bonds is 7. The van der Waals surface area contributed by atoms with E-state index in [4.69, 9.17) is 0 Å². The fourth-order valence-corrected chi connectivity index (χ4v) is 2.26. The number of hydrogen-bond acceptors (Lipinski definition) is 1. The zero-order valence-corrected chi connectivity index (χ0v) is 10.5. The molecule has 1 aliphatic carbocycles. The molecule has 0 spiro atoms. The molecule has 0 unspecified atom stereocenters. The van der Waals surface area contributed by atoms with Gasteiger partial charge < -0.3 is 5.32 Å². The summed E-state index contributed by atoms with van der Waals surface area (Å²) in [5.74, 6) is 0.880. The molecule has 1 N–H and O–H groups in total. The normalized spacial score (nSPS) is 16.9. The van der Waals surface area contributed by atoms with Crippen LogP contribution in [-0.2, 0) is 0 Å². The Morgan fingerprint density at radius 1 is 1.27 bits per heavy atom. The standard InChI is InChI=1S/C14H27N/c1-3-13(4-2)12-15-11-10-14-8-6-5-7-9-14/h8,13,15H,3-7,9-12H2,1-2H3. The first-order valence-electron chi connectivity index (χ1n) is 6.75. The van der Waals surface area contributed by atoms with Crippen molar-refractivity contribution in [1.82, 2.24) is 5.32 Å². The molecule has 0 aromatic carbocycles. The molecule has 0 aromatic rings. The second-order valence-electron chi connectivity index (χ2n) is 4.74. The van der Waals surface area contributed by atoms with E-state index in [2.05, 4.69) is 25.2 Å². The minimum atomic E-state index is 0.880. The summed E-state index contributed by atoms with van der Waals surface area (Å²) in [4.78, 5) is 0. The molecule has 1 rings (SSSR count). The number of nitrogens with one attached hydrogen (secondary N) is 1. The molecule has 0 atom stereocenters. The molecule has 0 aromatic heterocycles. The summed E-state index contributed by atoms with van der Waals surface area (Å²) in [6, 6.07) is 0. The second-order valence-corrected chi connectivity index (χ2v) is 4.74. The maximum absolute atomic E-state index is 3.59. The Bertz CT molecular complexity index is 180. The quantitative estimate of drug-likeness (QED) is 0.495. The van der Waals surface area contributed by atoms with E-state index in [0.717, 1.165) is 5.92 Å². The topological polar surface area (TPSA) is 12.0 Å². The van der Waals surface area contributed by atoms with Gasteiger partial charge in [0.1, 0.15) is 0 Å². The van der Waals surface area contributed by atoms with Crippen LogP contribution in [0.1, 0.15) is 58.8 Å². The highest BCUT2D eigenvalue weighted by Crippen LogP contribution is 2.19. The van der Waals surface area contributed by atoms with Gasteiger partial charge in [0.2, 0.25) is 0 Å². The van der Waals surface area contributed by atoms with E-state index in [0.29, 0.717) is 0 Å². The summed E-state index contributed by atoms with van der Waals surface area (Å²) in [6.07, 6.45) is 11.9. The van der Waals surface area contributed by atoms with Gasteiger partial charge >= 0.3 is 0 Å². The van der Waals surface area contributed by atoms with Crippen LogP contribution in [0.15, 0.2) is 11.6 Å². The van der Waals surface area contributed by atoms with Gasteiger partial charge in [-0.05, 0) is 51.1 Å².